The van der Waals surface area contributed by atoms with Gasteiger partial charge in [0.1, 0.15) is 0 Å². The van der Waals surface area contributed by atoms with Crippen LogP contribution in [0.15, 0.2) is 47.5 Å². The molecule has 1 spiro atoms. The van der Waals surface area contributed by atoms with Crippen LogP contribution in [0.1, 0.15) is 68.7 Å². The standard InChI is InChI=1S/C35H47N5O4S/c1-23(2)18-26-22-44-30-19-29(32-24(3)8-6-9-25(32)4)37-34(38-30)39-45(41,42)31-11-7-10-28(36-31)33(26)27-20-35(21-27)12-14-40(15-13-35)16-17-43-5/h6-11,19,23,26-27,33H,12-18,20-22H2,1-5H3,(H,37,38,39)/t26-,33?/m1/s1. The van der Waals surface area contributed by atoms with Crippen LogP contribution in [-0.2, 0) is 14.8 Å². The number of likely N-dealkylation sites (tertiary alicyclic amines) is 1. The van der Waals surface area contributed by atoms with Crippen LogP contribution < -0.4 is 9.46 Å². The fraction of sp³-hybridized carbons (Fsp3) is 0.571. The molecular weight excluding hydrogens is 586 g/mol. The number of nitrogens with zero attached hydrogens (tertiary/aromatic N) is 4. The van der Waals surface area contributed by atoms with Gasteiger partial charge in [-0.05, 0) is 99.6 Å². The number of piperidine rings is 1. The van der Waals surface area contributed by atoms with Crippen LogP contribution in [0.3, 0.4) is 0 Å². The molecule has 2 aliphatic heterocycles. The highest BCUT2D eigenvalue weighted by Gasteiger charge is 2.50. The number of pyridine rings is 1. The number of methoxy groups -OCH3 is 1. The Morgan fingerprint density at radius 2 is 1.76 bits per heavy atom. The number of nitrogens with one attached hydrogen (secondary N) is 1. The zero-order chi connectivity index (χ0) is 31.8. The summed E-state index contributed by atoms with van der Waals surface area (Å²) in [7, 11) is -2.28. The highest BCUT2D eigenvalue weighted by molar-refractivity contribution is 7.92. The number of anilines is 1. The Balaban J connectivity index is 1.35. The molecule has 3 aromatic rings. The van der Waals surface area contributed by atoms with E-state index in [1.165, 1.54) is 12.8 Å². The molecule has 1 unspecified atom stereocenters. The zero-order valence-electron chi connectivity index (χ0n) is 27.3. The summed E-state index contributed by atoms with van der Waals surface area (Å²) in [5.41, 5.74) is 4.86. The second kappa shape index (κ2) is 13.0. The molecule has 4 heterocycles. The lowest BCUT2D eigenvalue weighted by molar-refractivity contribution is -0.0401. The van der Waals surface area contributed by atoms with Crippen LogP contribution in [0, 0.1) is 37.0 Å². The van der Waals surface area contributed by atoms with Gasteiger partial charge in [-0.25, -0.2) is 14.7 Å². The average Bonchev–Trinajstić information content (AvgIpc) is 2.98. The molecule has 10 heteroatoms. The molecule has 1 saturated carbocycles. The number of benzene rings is 1. The molecule has 0 amide bonds. The van der Waals surface area contributed by atoms with Crippen molar-refractivity contribution in [1.82, 2.24) is 19.9 Å². The third kappa shape index (κ3) is 6.88. The van der Waals surface area contributed by atoms with Gasteiger partial charge in [0.05, 0.1) is 18.9 Å². The predicted octanol–water partition coefficient (Wildman–Crippen LogP) is 6.23. The van der Waals surface area contributed by atoms with Crippen molar-refractivity contribution in [3.8, 4) is 17.1 Å². The summed E-state index contributed by atoms with van der Waals surface area (Å²) in [5, 5.41) is -0.00194. The molecule has 1 saturated heterocycles. The number of aryl methyl sites for hydroxylation is 2. The molecule has 45 heavy (non-hydrogen) atoms. The first-order valence-electron chi connectivity index (χ1n) is 16.4. The maximum absolute atomic E-state index is 13.7. The van der Waals surface area contributed by atoms with E-state index in [9.17, 15) is 8.42 Å². The molecule has 2 aromatic heterocycles. The van der Waals surface area contributed by atoms with Gasteiger partial charge < -0.3 is 14.4 Å². The van der Waals surface area contributed by atoms with Crippen molar-refractivity contribution in [1.29, 1.82) is 0 Å². The maximum atomic E-state index is 13.7. The van der Waals surface area contributed by atoms with Crippen LogP contribution in [0.4, 0.5) is 5.95 Å². The Hall–Kier alpha value is -3.08. The lowest BCUT2D eigenvalue weighted by atomic mass is 9.52. The summed E-state index contributed by atoms with van der Waals surface area (Å²) >= 11 is 0. The molecule has 2 fully saturated rings. The SMILES string of the molecule is COCCN1CCC2(CC1)CC(C1c3cccc(n3)S(=O)(=O)Nc3nc(cc(-c4c(C)cccc4C)n3)OC[C@H]1CC(C)C)C2. The second-order valence-electron chi connectivity index (χ2n) is 13.9. The van der Waals surface area contributed by atoms with Gasteiger partial charge in [-0.15, -0.1) is 0 Å². The predicted molar refractivity (Wildman–Crippen MR) is 176 cm³/mol. The number of rotatable bonds is 7. The van der Waals surface area contributed by atoms with E-state index in [1.807, 2.05) is 50.2 Å². The van der Waals surface area contributed by atoms with E-state index in [0.717, 1.165) is 67.9 Å². The van der Waals surface area contributed by atoms with Gasteiger partial charge >= 0.3 is 0 Å². The van der Waals surface area contributed by atoms with Gasteiger partial charge in [0.15, 0.2) is 5.03 Å². The number of fused-ring (bicyclic) bond motifs is 4. The topological polar surface area (TPSA) is 107 Å². The molecular formula is C35H47N5O4S. The Morgan fingerprint density at radius 1 is 1.04 bits per heavy atom. The van der Waals surface area contributed by atoms with Crippen molar-refractivity contribution in [2.45, 2.75) is 70.7 Å². The highest BCUT2D eigenvalue weighted by Crippen LogP contribution is 2.58. The third-order valence-electron chi connectivity index (χ3n) is 10.2. The minimum atomic E-state index is -4.04. The summed E-state index contributed by atoms with van der Waals surface area (Å²) in [4.78, 5) is 16.5. The van der Waals surface area contributed by atoms with Crippen molar-refractivity contribution < 1.29 is 17.9 Å². The van der Waals surface area contributed by atoms with Crippen LogP contribution in [-0.4, -0.2) is 68.2 Å². The number of hydrogen-bond donors (Lipinski definition) is 1. The summed E-state index contributed by atoms with van der Waals surface area (Å²) in [6.45, 7) is 13.0. The number of sulfonamides is 1. The fourth-order valence-corrected chi connectivity index (χ4v) is 8.92. The van der Waals surface area contributed by atoms with Crippen molar-refractivity contribution in [3.63, 3.8) is 0 Å². The first-order valence-corrected chi connectivity index (χ1v) is 17.8. The largest absolute Gasteiger partial charge is 0.477 e. The van der Waals surface area contributed by atoms with Crippen LogP contribution in [0.5, 0.6) is 5.88 Å². The average molecular weight is 634 g/mol. The summed E-state index contributed by atoms with van der Waals surface area (Å²) in [6, 6.07) is 13.3. The number of aromatic nitrogens is 3. The summed E-state index contributed by atoms with van der Waals surface area (Å²) in [6.07, 6.45) is 5.60. The van der Waals surface area contributed by atoms with Gasteiger partial charge in [0, 0.05) is 42.8 Å². The Morgan fingerprint density at radius 3 is 2.44 bits per heavy atom. The molecule has 1 aliphatic carbocycles. The third-order valence-corrected chi connectivity index (χ3v) is 11.4. The quantitative estimate of drug-likeness (QED) is 0.326. The molecule has 1 aromatic carbocycles. The van der Waals surface area contributed by atoms with Crippen LogP contribution in [0.2, 0.25) is 0 Å². The molecule has 6 rings (SSSR count). The van der Waals surface area contributed by atoms with Gasteiger partial charge in [0.25, 0.3) is 10.0 Å². The van der Waals surface area contributed by atoms with E-state index >= 15 is 0 Å². The molecule has 242 valence electrons. The first-order chi connectivity index (χ1) is 21.6. The van der Waals surface area contributed by atoms with Crippen LogP contribution in [0.25, 0.3) is 11.3 Å². The van der Waals surface area contributed by atoms with Gasteiger partial charge in [-0.2, -0.15) is 13.4 Å². The van der Waals surface area contributed by atoms with E-state index in [-0.39, 0.29) is 22.8 Å². The summed E-state index contributed by atoms with van der Waals surface area (Å²) < 4.78 is 41.9. The molecule has 2 atom stereocenters. The molecule has 4 bridgehead atoms. The molecule has 3 aliphatic rings. The van der Waals surface area contributed by atoms with Gasteiger partial charge in [0.2, 0.25) is 11.8 Å². The second-order valence-corrected chi connectivity index (χ2v) is 15.5. The smallest absolute Gasteiger partial charge is 0.281 e. The Bertz CT molecular complexity index is 1590. The number of ether oxygens (including phenoxy) is 2. The Kier molecular flexibility index (Phi) is 9.19. The normalized spacial score (nSPS) is 23.0. The van der Waals surface area contributed by atoms with Gasteiger partial charge in [-0.3, -0.25) is 0 Å². The monoisotopic (exact) mass is 633 g/mol. The molecule has 1 N–H and O–H groups in total. The lowest BCUT2D eigenvalue weighted by Crippen LogP contribution is -2.50. The Labute approximate surface area is 268 Å². The first kappa shape index (κ1) is 31.9. The van der Waals surface area contributed by atoms with E-state index in [4.69, 9.17) is 14.5 Å². The fourth-order valence-electron chi connectivity index (χ4n) is 8.00. The van der Waals surface area contributed by atoms with E-state index in [2.05, 4.69) is 33.4 Å². The lowest BCUT2D eigenvalue weighted by Gasteiger charge is -2.55. The maximum Gasteiger partial charge on any atom is 0.281 e. The molecule has 9 nitrogen and oxygen atoms in total. The van der Waals surface area contributed by atoms with Crippen molar-refractivity contribution in [2.75, 3.05) is 44.7 Å². The van der Waals surface area contributed by atoms with Crippen molar-refractivity contribution >= 4 is 16.0 Å². The molecule has 0 radical (unpaired) electrons. The summed E-state index contributed by atoms with van der Waals surface area (Å²) in [5.74, 6) is 1.43. The minimum absolute atomic E-state index is 0.00194. The van der Waals surface area contributed by atoms with Crippen molar-refractivity contribution in [3.05, 3.63) is 59.3 Å². The van der Waals surface area contributed by atoms with Crippen LogP contribution >= 0.6 is 0 Å². The van der Waals surface area contributed by atoms with E-state index in [0.29, 0.717) is 35.4 Å². The highest BCUT2D eigenvalue weighted by atomic mass is 32.2. The number of hydrogen-bond acceptors (Lipinski definition) is 8. The van der Waals surface area contributed by atoms with Gasteiger partial charge in [-0.1, -0.05) is 38.1 Å². The minimum Gasteiger partial charge on any atom is -0.477 e. The van der Waals surface area contributed by atoms with E-state index in [1.54, 1.807) is 13.2 Å². The van der Waals surface area contributed by atoms with Crippen molar-refractivity contribution in [2.24, 2.45) is 23.2 Å². The van der Waals surface area contributed by atoms with E-state index < -0.39 is 10.0 Å². The zero-order valence-corrected chi connectivity index (χ0v) is 28.1.